The zero-order chi connectivity index (χ0) is 14.9. The van der Waals surface area contributed by atoms with Gasteiger partial charge in [0.25, 0.3) is 0 Å². The predicted molar refractivity (Wildman–Crippen MR) is 85.9 cm³/mol. The third kappa shape index (κ3) is 2.50. The third-order valence-corrected chi connectivity index (χ3v) is 4.92. The minimum absolute atomic E-state index is 0.407. The van der Waals surface area contributed by atoms with Crippen LogP contribution in [0.4, 0.5) is 0 Å². The van der Waals surface area contributed by atoms with Crippen LogP contribution in [-0.4, -0.2) is 18.3 Å². The van der Waals surface area contributed by atoms with Crippen molar-refractivity contribution in [2.75, 3.05) is 7.05 Å². The Morgan fingerprint density at radius 3 is 2.50 bits per heavy atom. The summed E-state index contributed by atoms with van der Waals surface area (Å²) in [5.74, 6) is 0.877. The Bertz CT molecular complexity index is 629. The molecule has 2 rings (SSSR count). The van der Waals surface area contributed by atoms with Gasteiger partial charge in [0.2, 0.25) is 0 Å². The van der Waals surface area contributed by atoms with Crippen LogP contribution >= 0.6 is 11.3 Å². The lowest BCUT2D eigenvalue weighted by Crippen LogP contribution is -2.10. The van der Waals surface area contributed by atoms with E-state index in [0.717, 1.165) is 27.6 Å². The first-order valence-electron chi connectivity index (χ1n) is 7.05. The van der Waals surface area contributed by atoms with E-state index in [1.54, 1.807) is 11.3 Å². The summed E-state index contributed by atoms with van der Waals surface area (Å²) in [6.07, 6.45) is 2.88. The minimum atomic E-state index is 0.407. The highest BCUT2D eigenvalue weighted by Crippen LogP contribution is 2.41. The van der Waals surface area contributed by atoms with Gasteiger partial charge in [0, 0.05) is 28.6 Å². The standard InChI is InChI=1S/C16H22N2OS/c1-9(2)14-15-11(8-19)12(6-17-5)18-7-13(15)20-16(14)10(3)4/h7-10,17H,6H2,1-5H3. The molecule has 2 aromatic rings. The highest BCUT2D eigenvalue weighted by Gasteiger charge is 2.21. The van der Waals surface area contributed by atoms with Crippen LogP contribution in [0.15, 0.2) is 6.20 Å². The van der Waals surface area contributed by atoms with Gasteiger partial charge in [-0.25, -0.2) is 0 Å². The van der Waals surface area contributed by atoms with E-state index >= 15 is 0 Å². The summed E-state index contributed by atoms with van der Waals surface area (Å²) in [5, 5.41) is 4.20. The molecule has 0 spiro atoms. The van der Waals surface area contributed by atoms with Crippen molar-refractivity contribution in [3.05, 3.63) is 27.9 Å². The highest BCUT2D eigenvalue weighted by molar-refractivity contribution is 7.19. The Kier molecular flexibility index (Phi) is 4.55. The Morgan fingerprint density at radius 1 is 1.30 bits per heavy atom. The summed E-state index contributed by atoms with van der Waals surface area (Å²) in [6.45, 7) is 9.42. The number of thiophene rings is 1. The van der Waals surface area contributed by atoms with Crippen molar-refractivity contribution >= 4 is 27.7 Å². The van der Waals surface area contributed by atoms with Gasteiger partial charge in [0.15, 0.2) is 6.29 Å². The number of rotatable bonds is 5. The van der Waals surface area contributed by atoms with E-state index in [9.17, 15) is 4.79 Å². The van der Waals surface area contributed by atoms with Gasteiger partial charge < -0.3 is 5.32 Å². The van der Waals surface area contributed by atoms with Crippen molar-refractivity contribution in [1.82, 2.24) is 10.3 Å². The Morgan fingerprint density at radius 2 is 2.00 bits per heavy atom. The van der Waals surface area contributed by atoms with Gasteiger partial charge in [0.1, 0.15) is 0 Å². The zero-order valence-electron chi connectivity index (χ0n) is 12.8. The van der Waals surface area contributed by atoms with Gasteiger partial charge in [-0.15, -0.1) is 11.3 Å². The van der Waals surface area contributed by atoms with Gasteiger partial charge in [-0.05, 0) is 24.4 Å². The molecule has 2 heterocycles. The molecule has 0 unspecified atom stereocenters. The molecule has 0 radical (unpaired) electrons. The van der Waals surface area contributed by atoms with E-state index in [4.69, 9.17) is 0 Å². The summed E-state index contributed by atoms with van der Waals surface area (Å²) < 4.78 is 1.12. The number of nitrogens with one attached hydrogen (secondary N) is 1. The van der Waals surface area contributed by atoms with Crippen molar-refractivity contribution < 1.29 is 4.79 Å². The van der Waals surface area contributed by atoms with E-state index in [0.29, 0.717) is 18.4 Å². The zero-order valence-corrected chi connectivity index (χ0v) is 13.6. The van der Waals surface area contributed by atoms with Crippen molar-refractivity contribution in [3.8, 4) is 0 Å². The molecule has 0 fully saturated rings. The maximum atomic E-state index is 11.6. The predicted octanol–water partition coefficient (Wildman–Crippen LogP) is 4.08. The SMILES string of the molecule is CNCc1ncc2sc(C(C)C)c(C(C)C)c2c1C=O. The van der Waals surface area contributed by atoms with Crippen LogP contribution in [0.2, 0.25) is 0 Å². The van der Waals surface area contributed by atoms with E-state index in [1.165, 1.54) is 10.4 Å². The topological polar surface area (TPSA) is 42.0 Å². The quantitative estimate of drug-likeness (QED) is 0.844. The molecule has 0 atom stereocenters. The fourth-order valence-electron chi connectivity index (χ4n) is 2.64. The minimum Gasteiger partial charge on any atom is -0.314 e. The average Bonchev–Trinajstić information content (AvgIpc) is 2.78. The molecular weight excluding hydrogens is 268 g/mol. The smallest absolute Gasteiger partial charge is 0.152 e. The second-order valence-electron chi connectivity index (χ2n) is 5.70. The summed E-state index contributed by atoms with van der Waals surface area (Å²) in [5.41, 5.74) is 2.91. The van der Waals surface area contributed by atoms with Crippen LogP contribution in [0.1, 0.15) is 66.0 Å². The number of aldehydes is 1. The number of aromatic nitrogens is 1. The monoisotopic (exact) mass is 290 g/mol. The molecule has 3 nitrogen and oxygen atoms in total. The Hall–Kier alpha value is -1.26. The first-order chi connectivity index (χ1) is 9.51. The van der Waals surface area contributed by atoms with Crippen LogP contribution < -0.4 is 5.32 Å². The molecule has 0 bridgehead atoms. The lowest BCUT2D eigenvalue weighted by Gasteiger charge is -2.12. The number of carbonyl (C=O) groups excluding carboxylic acids is 1. The number of fused-ring (bicyclic) bond motifs is 1. The maximum absolute atomic E-state index is 11.6. The number of nitrogens with zero attached hydrogens (tertiary/aromatic N) is 1. The molecule has 20 heavy (non-hydrogen) atoms. The van der Waals surface area contributed by atoms with E-state index < -0.39 is 0 Å². The fraction of sp³-hybridized carbons (Fsp3) is 0.500. The van der Waals surface area contributed by atoms with Crippen LogP contribution in [0, 0.1) is 0 Å². The lowest BCUT2D eigenvalue weighted by atomic mass is 9.93. The average molecular weight is 290 g/mol. The van der Waals surface area contributed by atoms with Crippen LogP contribution in [0.3, 0.4) is 0 Å². The number of carbonyl (C=O) groups is 1. The molecular formula is C16H22N2OS. The number of pyridine rings is 1. The van der Waals surface area contributed by atoms with Crippen LogP contribution in [-0.2, 0) is 6.54 Å². The van der Waals surface area contributed by atoms with Crippen molar-refractivity contribution in [2.45, 2.75) is 46.1 Å². The van der Waals surface area contributed by atoms with E-state index in [-0.39, 0.29) is 0 Å². The largest absolute Gasteiger partial charge is 0.314 e. The van der Waals surface area contributed by atoms with Crippen molar-refractivity contribution in [2.24, 2.45) is 0 Å². The second-order valence-corrected chi connectivity index (χ2v) is 6.78. The number of hydrogen-bond donors (Lipinski definition) is 1. The second kappa shape index (κ2) is 6.02. The van der Waals surface area contributed by atoms with Gasteiger partial charge in [-0.2, -0.15) is 0 Å². The van der Waals surface area contributed by atoms with Gasteiger partial charge in [-0.3, -0.25) is 9.78 Å². The molecule has 0 amide bonds. The summed E-state index contributed by atoms with van der Waals surface area (Å²) in [7, 11) is 1.87. The Balaban J connectivity index is 2.83. The first kappa shape index (κ1) is 15.1. The van der Waals surface area contributed by atoms with E-state index in [1.807, 2.05) is 13.2 Å². The molecule has 1 N–H and O–H groups in total. The van der Waals surface area contributed by atoms with Gasteiger partial charge >= 0.3 is 0 Å². The summed E-state index contributed by atoms with van der Waals surface area (Å²) in [6, 6.07) is 0. The maximum Gasteiger partial charge on any atom is 0.152 e. The highest BCUT2D eigenvalue weighted by atomic mass is 32.1. The van der Waals surface area contributed by atoms with Crippen molar-refractivity contribution in [3.63, 3.8) is 0 Å². The molecule has 0 saturated carbocycles. The van der Waals surface area contributed by atoms with Crippen molar-refractivity contribution in [1.29, 1.82) is 0 Å². The third-order valence-electron chi connectivity index (χ3n) is 3.48. The van der Waals surface area contributed by atoms with E-state index in [2.05, 4.69) is 38.0 Å². The fourth-order valence-corrected chi connectivity index (χ4v) is 3.98. The lowest BCUT2D eigenvalue weighted by molar-refractivity contribution is 0.112. The molecule has 2 aromatic heterocycles. The molecule has 0 aliphatic rings. The molecule has 0 aromatic carbocycles. The molecule has 0 aliphatic heterocycles. The van der Waals surface area contributed by atoms with Crippen LogP contribution in [0.25, 0.3) is 10.1 Å². The molecule has 0 aliphatic carbocycles. The first-order valence-corrected chi connectivity index (χ1v) is 7.86. The molecule has 0 saturated heterocycles. The molecule has 4 heteroatoms. The van der Waals surface area contributed by atoms with Gasteiger partial charge in [-0.1, -0.05) is 27.7 Å². The molecule has 108 valence electrons. The Labute approximate surface area is 124 Å². The normalized spacial score (nSPS) is 11.8. The van der Waals surface area contributed by atoms with Crippen LogP contribution in [0.5, 0.6) is 0 Å². The van der Waals surface area contributed by atoms with Gasteiger partial charge in [0.05, 0.1) is 10.4 Å². The summed E-state index contributed by atoms with van der Waals surface area (Å²) >= 11 is 1.77. The summed E-state index contributed by atoms with van der Waals surface area (Å²) in [4.78, 5) is 17.4. The number of hydrogen-bond acceptors (Lipinski definition) is 4.